The lowest BCUT2D eigenvalue weighted by atomic mass is 9.76. The molecule has 2 fully saturated rings. The molecule has 0 bridgehead atoms. The van der Waals surface area contributed by atoms with Crippen molar-refractivity contribution in [2.75, 3.05) is 26.3 Å². The molecule has 1 aliphatic carbocycles. The molecular weight excluding hydrogens is 663 g/mol. The van der Waals surface area contributed by atoms with Crippen molar-refractivity contribution >= 4 is 65.3 Å². The maximum absolute atomic E-state index is 13.0. The molecule has 3 heterocycles. The summed E-state index contributed by atoms with van der Waals surface area (Å²) >= 11 is 17.7. The summed E-state index contributed by atoms with van der Waals surface area (Å²) in [4.78, 5) is 15.1. The highest BCUT2D eigenvalue weighted by Gasteiger charge is 2.42. The Balaban J connectivity index is 1.44. The molecule has 5 nitrogen and oxygen atoms in total. The number of halogens is 4. The van der Waals surface area contributed by atoms with E-state index in [1.54, 1.807) is 6.20 Å². The average Bonchev–Trinajstić information content (AvgIpc) is 3.01. The van der Waals surface area contributed by atoms with Gasteiger partial charge in [0.05, 0.1) is 15.4 Å². The molecule has 0 radical (unpaired) electrons. The number of carbonyl (C=O) groups is 1. The van der Waals surface area contributed by atoms with Crippen LogP contribution in [0.4, 0.5) is 0 Å². The van der Waals surface area contributed by atoms with Gasteiger partial charge in [0.15, 0.2) is 0 Å². The highest BCUT2D eigenvalue weighted by molar-refractivity contribution is 9.11. The topological polar surface area (TPSA) is 53.7 Å². The van der Waals surface area contributed by atoms with Gasteiger partial charge in [0.1, 0.15) is 0 Å². The number of nitrogens with zero attached hydrogens (tertiary/aromatic N) is 2. The predicted molar refractivity (Wildman–Crippen MR) is 145 cm³/mol. The third-order valence-electron chi connectivity index (χ3n) is 7.86. The van der Waals surface area contributed by atoms with Gasteiger partial charge >= 0.3 is 0 Å². The number of hydrogen-bond acceptors (Lipinski definition) is 3. The number of amides is 1. The number of aryl methyl sites for hydroxylation is 1. The maximum Gasteiger partial charge on any atom is 0.245 e. The van der Waals surface area contributed by atoms with Gasteiger partial charge in [-0.15, -0.1) is 0 Å². The molecule has 188 valence electrons. The van der Waals surface area contributed by atoms with Crippen molar-refractivity contribution in [2.45, 2.75) is 50.9 Å². The molecular formula is C26H29Br3ClN2O3+. The second-order valence-electron chi connectivity index (χ2n) is 9.92. The molecule has 1 amide bonds. The van der Waals surface area contributed by atoms with Crippen LogP contribution in [0.15, 0.2) is 31.7 Å². The van der Waals surface area contributed by atoms with Crippen LogP contribution in [-0.2, 0) is 22.4 Å². The Morgan fingerprint density at radius 3 is 2.54 bits per heavy atom. The van der Waals surface area contributed by atoms with Crippen LogP contribution in [0, 0.1) is 11.8 Å². The zero-order valence-electron chi connectivity index (χ0n) is 19.4. The Labute approximate surface area is 236 Å². The van der Waals surface area contributed by atoms with Gasteiger partial charge in [-0.2, -0.15) is 0 Å². The molecule has 9 heteroatoms. The number of ether oxygens (including phenoxy) is 1. The molecule has 1 atom stereocenters. The number of likely N-dealkylation sites (tertiary alicyclic amines) is 1. The molecule has 1 aromatic heterocycles. The highest BCUT2D eigenvalue weighted by Crippen LogP contribution is 2.48. The number of fused-ring (bicyclic) bond motifs is 2. The summed E-state index contributed by atoms with van der Waals surface area (Å²) in [7, 11) is 0. The van der Waals surface area contributed by atoms with Gasteiger partial charge in [-0.25, -0.2) is 0 Å². The largest absolute Gasteiger partial charge is 0.381 e. The van der Waals surface area contributed by atoms with Crippen molar-refractivity contribution in [2.24, 2.45) is 11.8 Å². The average molecular weight is 693 g/mol. The molecule has 2 saturated heterocycles. The third kappa shape index (κ3) is 5.33. The van der Waals surface area contributed by atoms with E-state index in [9.17, 15) is 10.0 Å². The molecule has 1 aromatic carbocycles. The van der Waals surface area contributed by atoms with Crippen LogP contribution < -0.4 is 4.73 Å². The molecule has 35 heavy (non-hydrogen) atoms. The van der Waals surface area contributed by atoms with Crippen molar-refractivity contribution in [3.05, 3.63) is 59.2 Å². The Kier molecular flexibility index (Phi) is 8.14. The standard InChI is InChI=1S/C26H29Br3ClN2O3/c27-18-12-17-1-2-19-24(20(28)13-21(30)25(19)29)23(26(17)32(34)14-18)16-3-7-31(8-4-16)22(33)11-15-5-9-35-10-6-15/h12-16,23,34H,1-11H2/q+1/t23-/m1/s1. The van der Waals surface area contributed by atoms with Gasteiger partial charge < -0.3 is 9.64 Å². The first-order valence-corrected chi connectivity index (χ1v) is 15.0. The van der Waals surface area contributed by atoms with E-state index in [1.807, 2.05) is 11.0 Å². The van der Waals surface area contributed by atoms with Crippen molar-refractivity contribution in [3.8, 4) is 0 Å². The van der Waals surface area contributed by atoms with Crippen molar-refractivity contribution in [1.29, 1.82) is 0 Å². The fourth-order valence-electron chi connectivity index (χ4n) is 6.06. The summed E-state index contributed by atoms with van der Waals surface area (Å²) in [6, 6.07) is 4.08. The first-order chi connectivity index (χ1) is 16.8. The van der Waals surface area contributed by atoms with E-state index < -0.39 is 0 Å². The minimum absolute atomic E-state index is 0.00344. The van der Waals surface area contributed by atoms with E-state index in [-0.39, 0.29) is 11.8 Å². The fraction of sp³-hybridized carbons (Fsp3) is 0.538. The third-order valence-corrected chi connectivity index (χ3v) is 10.4. The van der Waals surface area contributed by atoms with Crippen LogP contribution in [0.5, 0.6) is 0 Å². The number of rotatable bonds is 3. The van der Waals surface area contributed by atoms with Crippen molar-refractivity contribution < 1.29 is 19.5 Å². The maximum atomic E-state index is 13.0. The predicted octanol–water partition coefficient (Wildman–Crippen LogP) is 6.44. The van der Waals surface area contributed by atoms with E-state index in [2.05, 4.69) is 53.9 Å². The molecule has 3 aliphatic rings. The minimum atomic E-state index is -0.00344. The summed E-state index contributed by atoms with van der Waals surface area (Å²) in [5.74, 6) is 1.01. The Hall–Kier alpha value is -0.670. The lowest BCUT2D eigenvalue weighted by molar-refractivity contribution is -0.911. The van der Waals surface area contributed by atoms with Gasteiger partial charge in [0, 0.05) is 52.0 Å². The van der Waals surface area contributed by atoms with Crippen LogP contribution in [0.1, 0.15) is 60.4 Å². The molecule has 0 unspecified atom stereocenters. The van der Waals surface area contributed by atoms with E-state index in [0.29, 0.717) is 23.3 Å². The van der Waals surface area contributed by atoms with Crippen LogP contribution >= 0.6 is 59.4 Å². The number of hydrogen-bond donors (Lipinski definition) is 1. The smallest absolute Gasteiger partial charge is 0.245 e. The first kappa shape index (κ1) is 26.0. The zero-order chi connectivity index (χ0) is 24.7. The van der Waals surface area contributed by atoms with Gasteiger partial charge in [-0.1, -0.05) is 27.5 Å². The van der Waals surface area contributed by atoms with E-state index in [4.69, 9.17) is 16.3 Å². The molecule has 0 saturated carbocycles. The van der Waals surface area contributed by atoms with E-state index in [1.165, 1.54) is 15.9 Å². The second kappa shape index (κ2) is 11.0. The lowest BCUT2D eigenvalue weighted by Crippen LogP contribution is -2.44. The summed E-state index contributed by atoms with van der Waals surface area (Å²) < 4.78 is 9.51. The Morgan fingerprint density at radius 2 is 1.83 bits per heavy atom. The molecule has 2 aromatic rings. The summed E-state index contributed by atoms with van der Waals surface area (Å²) in [5.41, 5.74) is 4.46. The van der Waals surface area contributed by atoms with Gasteiger partial charge in [-0.3, -0.25) is 10.0 Å². The van der Waals surface area contributed by atoms with Gasteiger partial charge in [0.2, 0.25) is 17.8 Å². The van der Waals surface area contributed by atoms with Crippen molar-refractivity contribution in [3.63, 3.8) is 0 Å². The fourth-order valence-corrected chi connectivity index (χ4v) is 8.12. The van der Waals surface area contributed by atoms with Crippen LogP contribution in [0.2, 0.25) is 5.02 Å². The Bertz CT molecular complexity index is 1130. The SMILES string of the molecule is O=C(CC1CCOCC1)N1CCC([C@@H]2c3c(Br)cc(Cl)c(Br)c3CCc3cc(Br)c[n+](O)c32)CC1. The van der Waals surface area contributed by atoms with Crippen LogP contribution in [0.25, 0.3) is 0 Å². The van der Waals surface area contributed by atoms with Gasteiger partial charge in [-0.05, 0) is 105 Å². The molecule has 0 spiro atoms. The number of piperidine rings is 1. The lowest BCUT2D eigenvalue weighted by Gasteiger charge is -2.36. The number of pyridine rings is 1. The first-order valence-electron chi connectivity index (χ1n) is 12.3. The van der Waals surface area contributed by atoms with E-state index in [0.717, 1.165) is 89.5 Å². The van der Waals surface area contributed by atoms with E-state index >= 15 is 0 Å². The molecule has 2 aliphatic heterocycles. The summed E-state index contributed by atoms with van der Waals surface area (Å²) in [6.07, 6.45) is 7.75. The normalized spacial score (nSPS) is 21.4. The zero-order valence-corrected chi connectivity index (χ0v) is 24.9. The number of benzene rings is 1. The van der Waals surface area contributed by atoms with Crippen molar-refractivity contribution in [1.82, 2.24) is 4.90 Å². The van der Waals surface area contributed by atoms with Gasteiger partial charge in [0.25, 0.3) is 0 Å². The monoisotopic (exact) mass is 689 g/mol. The molecule has 5 rings (SSSR count). The van der Waals surface area contributed by atoms with Crippen LogP contribution in [-0.4, -0.2) is 42.3 Å². The second-order valence-corrected chi connectivity index (χ2v) is 12.9. The highest BCUT2D eigenvalue weighted by atomic mass is 79.9. The molecule has 1 N–H and O–H groups in total. The summed E-state index contributed by atoms with van der Waals surface area (Å²) in [5, 5.41) is 11.8. The van der Waals surface area contributed by atoms with Crippen LogP contribution in [0.3, 0.4) is 0 Å². The minimum Gasteiger partial charge on any atom is -0.381 e. The number of carbonyl (C=O) groups excluding carboxylic acids is 1. The Morgan fingerprint density at radius 1 is 1.11 bits per heavy atom. The quantitative estimate of drug-likeness (QED) is 0.229. The summed E-state index contributed by atoms with van der Waals surface area (Å²) in [6.45, 7) is 3.04. The number of aromatic nitrogens is 1.